The number of benzene rings is 1. The highest BCUT2D eigenvalue weighted by Crippen LogP contribution is 2.23. The highest BCUT2D eigenvalue weighted by Gasteiger charge is 2.18. The van der Waals surface area contributed by atoms with Crippen molar-refractivity contribution in [3.05, 3.63) is 39.8 Å². The normalized spacial score (nSPS) is 12.6. The zero-order chi connectivity index (χ0) is 11.5. The van der Waals surface area contributed by atoms with Gasteiger partial charge in [-0.3, -0.25) is 9.59 Å². The van der Waals surface area contributed by atoms with E-state index in [9.17, 15) is 9.59 Å². The summed E-state index contributed by atoms with van der Waals surface area (Å²) in [6.45, 7) is -0.198. The molecule has 1 aliphatic rings. The first-order valence-corrected chi connectivity index (χ1v) is 4.67. The van der Waals surface area contributed by atoms with Gasteiger partial charge in [-0.05, 0) is 29.3 Å². The zero-order valence-electron chi connectivity index (χ0n) is 8.30. The van der Waals surface area contributed by atoms with Crippen LogP contribution in [0, 0.1) is 0 Å². The lowest BCUT2D eigenvalue weighted by molar-refractivity contribution is -0.115. The summed E-state index contributed by atoms with van der Waals surface area (Å²) in [5, 5.41) is 5.88. The number of azide groups is 1. The van der Waals surface area contributed by atoms with Gasteiger partial charge in [0.15, 0.2) is 5.78 Å². The Hall–Kier alpha value is -2.33. The van der Waals surface area contributed by atoms with Gasteiger partial charge in [0.25, 0.3) is 0 Å². The summed E-state index contributed by atoms with van der Waals surface area (Å²) in [6.07, 6.45) is 0.290. The minimum Gasteiger partial charge on any atom is -0.326 e. The molecule has 1 aliphatic heterocycles. The number of fused-ring (bicyclic) bond motifs is 1. The minimum atomic E-state index is -0.250. The van der Waals surface area contributed by atoms with Crippen molar-refractivity contribution in [2.45, 2.75) is 6.42 Å². The molecule has 1 N–H and O–H groups in total. The first-order valence-electron chi connectivity index (χ1n) is 4.67. The maximum Gasteiger partial charge on any atom is 0.228 e. The summed E-state index contributed by atoms with van der Waals surface area (Å²) in [5.41, 5.74) is 10.1. The summed E-state index contributed by atoms with van der Waals surface area (Å²) < 4.78 is 0. The number of Topliss-reactive ketones (excluding diaryl/α,β-unsaturated/α-hetero) is 1. The molecule has 1 amide bonds. The van der Waals surface area contributed by atoms with Crippen LogP contribution in [0.15, 0.2) is 23.3 Å². The molecule has 1 aromatic rings. The monoisotopic (exact) mass is 216 g/mol. The average Bonchev–Trinajstić information content (AvgIpc) is 2.64. The summed E-state index contributed by atoms with van der Waals surface area (Å²) in [6, 6.07) is 4.95. The van der Waals surface area contributed by atoms with E-state index in [1.807, 2.05) is 0 Å². The second-order valence-electron chi connectivity index (χ2n) is 3.41. The van der Waals surface area contributed by atoms with Crippen LogP contribution in [-0.4, -0.2) is 18.2 Å². The smallest absolute Gasteiger partial charge is 0.228 e. The highest BCUT2D eigenvalue weighted by atomic mass is 16.1. The van der Waals surface area contributed by atoms with Crippen molar-refractivity contribution >= 4 is 17.4 Å². The van der Waals surface area contributed by atoms with Crippen LogP contribution in [-0.2, 0) is 11.2 Å². The first kappa shape index (κ1) is 10.2. The Balaban J connectivity index is 2.25. The minimum absolute atomic E-state index is 0.0744. The van der Waals surface area contributed by atoms with Crippen molar-refractivity contribution < 1.29 is 9.59 Å². The topological polar surface area (TPSA) is 94.9 Å². The Morgan fingerprint density at radius 1 is 1.56 bits per heavy atom. The SMILES string of the molecule is [N-]=[N+]=NCC(=O)c1ccc2c(c1)CC(=O)N2. The van der Waals surface area contributed by atoms with Gasteiger partial charge in [-0.2, -0.15) is 0 Å². The number of rotatable bonds is 3. The lowest BCUT2D eigenvalue weighted by Gasteiger charge is -2.01. The van der Waals surface area contributed by atoms with Crippen molar-refractivity contribution in [3.63, 3.8) is 0 Å². The molecule has 0 aromatic heterocycles. The van der Waals surface area contributed by atoms with Gasteiger partial charge in [0.2, 0.25) is 5.91 Å². The van der Waals surface area contributed by atoms with Crippen LogP contribution in [0.3, 0.4) is 0 Å². The van der Waals surface area contributed by atoms with Crippen LogP contribution in [0.1, 0.15) is 15.9 Å². The molecular formula is C10H8N4O2. The molecule has 0 unspecified atom stereocenters. The summed E-state index contributed by atoms with van der Waals surface area (Å²) in [5.74, 6) is -0.324. The molecular weight excluding hydrogens is 208 g/mol. The van der Waals surface area contributed by atoms with Crippen molar-refractivity contribution in [3.8, 4) is 0 Å². The van der Waals surface area contributed by atoms with Gasteiger partial charge >= 0.3 is 0 Å². The lowest BCUT2D eigenvalue weighted by Crippen LogP contribution is -2.03. The van der Waals surface area contributed by atoms with Crippen molar-refractivity contribution in [2.75, 3.05) is 11.9 Å². The maximum atomic E-state index is 11.5. The van der Waals surface area contributed by atoms with Crippen molar-refractivity contribution in [2.24, 2.45) is 5.11 Å². The van der Waals surface area contributed by atoms with Gasteiger partial charge < -0.3 is 5.32 Å². The fourth-order valence-corrected chi connectivity index (χ4v) is 1.59. The quantitative estimate of drug-likeness (QED) is 0.360. The summed E-state index contributed by atoms with van der Waals surface area (Å²) in [7, 11) is 0. The molecule has 16 heavy (non-hydrogen) atoms. The number of nitrogens with zero attached hydrogens (tertiary/aromatic N) is 3. The first-order chi connectivity index (χ1) is 7.70. The molecule has 0 atom stereocenters. The number of hydrogen-bond donors (Lipinski definition) is 1. The van der Waals surface area contributed by atoms with E-state index >= 15 is 0 Å². The van der Waals surface area contributed by atoms with E-state index in [4.69, 9.17) is 5.53 Å². The number of anilines is 1. The Morgan fingerprint density at radius 2 is 2.38 bits per heavy atom. The third-order valence-corrected chi connectivity index (χ3v) is 2.33. The van der Waals surface area contributed by atoms with E-state index in [-0.39, 0.29) is 24.7 Å². The van der Waals surface area contributed by atoms with E-state index in [1.165, 1.54) is 0 Å². The van der Waals surface area contributed by atoms with E-state index in [0.717, 1.165) is 11.3 Å². The molecule has 1 heterocycles. The third-order valence-electron chi connectivity index (χ3n) is 2.33. The zero-order valence-corrected chi connectivity index (χ0v) is 8.30. The van der Waals surface area contributed by atoms with Gasteiger partial charge in [0.05, 0.1) is 13.0 Å². The van der Waals surface area contributed by atoms with Gasteiger partial charge in [-0.15, -0.1) is 0 Å². The molecule has 0 radical (unpaired) electrons. The Labute approximate surface area is 90.9 Å². The van der Waals surface area contributed by atoms with Crippen molar-refractivity contribution in [1.82, 2.24) is 0 Å². The van der Waals surface area contributed by atoms with E-state index in [2.05, 4.69) is 15.3 Å². The molecule has 6 heteroatoms. The van der Waals surface area contributed by atoms with E-state index < -0.39 is 0 Å². The van der Waals surface area contributed by atoms with E-state index in [1.54, 1.807) is 18.2 Å². The van der Waals surface area contributed by atoms with Crippen LogP contribution in [0.25, 0.3) is 10.4 Å². The van der Waals surface area contributed by atoms with Gasteiger partial charge in [0, 0.05) is 16.2 Å². The maximum absolute atomic E-state index is 11.5. The van der Waals surface area contributed by atoms with Gasteiger partial charge in [-0.1, -0.05) is 5.11 Å². The summed E-state index contributed by atoms with van der Waals surface area (Å²) in [4.78, 5) is 25.1. The number of carbonyl (C=O) groups is 2. The number of carbonyl (C=O) groups excluding carboxylic acids is 2. The second-order valence-corrected chi connectivity index (χ2v) is 3.41. The molecule has 0 aliphatic carbocycles. The molecule has 0 saturated carbocycles. The third kappa shape index (κ3) is 1.87. The second kappa shape index (κ2) is 4.04. The lowest BCUT2D eigenvalue weighted by atomic mass is 10.1. The molecule has 0 bridgehead atoms. The Bertz CT molecular complexity index is 518. The van der Waals surface area contributed by atoms with Gasteiger partial charge in [0.1, 0.15) is 0 Å². The van der Waals surface area contributed by atoms with Crippen LogP contribution in [0.2, 0.25) is 0 Å². The van der Waals surface area contributed by atoms with Crippen LogP contribution in [0.5, 0.6) is 0 Å². The predicted octanol–water partition coefficient (Wildman–Crippen LogP) is 1.67. The molecule has 0 fully saturated rings. The highest BCUT2D eigenvalue weighted by molar-refractivity contribution is 6.02. The molecule has 2 rings (SSSR count). The Kier molecular flexibility index (Phi) is 2.57. The fraction of sp³-hybridized carbons (Fsp3) is 0.200. The molecule has 80 valence electrons. The number of amides is 1. The Morgan fingerprint density at radius 3 is 3.12 bits per heavy atom. The molecule has 1 aromatic carbocycles. The average molecular weight is 216 g/mol. The van der Waals surface area contributed by atoms with Gasteiger partial charge in [-0.25, -0.2) is 0 Å². The molecule has 6 nitrogen and oxygen atoms in total. The fourth-order valence-electron chi connectivity index (χ4n) is 1.59. The molecule has 0 spiro atoms. The number of ketones is 1. The van der Waals surface area contributed by atoms with E-state index in [0.29, 0.717) is 5.56 Å². The predicted molar refractivity (Wildman–Crippen MR) is 57.1 cm³/mol. The number of nitrogens with one attached hydrogen (secondary N) is 1. The van der Waals surface area contributed by atoms with Crippen LogP contribution < -0.4 is 5.32 Å². The van der Waals surface area contributed by atoms with Crippen molar-refractivity contribution in [1.29, 1.82) is 0 Å². The van der Waals surface area contributed by atoms with Crippen LogP contribution >= 0.6 is 0 Å². The largest absolute Gasteiger partial charge is 0.326 e. The number of hydrogen-bond acceptors (Lipinski definition) is 3. The standard InChI is InChI=1S/C10H8N4O2/c11-14-12-5-9(15)6-1-2-8-7(3-6)4-10(16)13-8/h1-3H,4-5H2,(H,13,16). The summed E-state index contributed by atoms with van der Waals surface area (Å²) >= 11 is 0. The van der Waals surface area contributed by atoms with Crippen LogP contribution in [0.4, 0.5) is 5.69 Å². The molecule has 0 saturated heterocycles.